The van der Waals surface area contributed by atoms with Crippen LogP contribution in [0.5, 0.6) is 0 Å². The number of hydrogen-bond acceptors (Lipinski definition) is 2. The minimum absolute atomic E-state index is 0.0595. The highest BCUT2D eigenvalue weighted by molar-refractivity contribution is 6.21. The zero-order valence-corrected chi connectivity index (χ0v) is 11.2. The smallest absolute Gasteiger partial charge is 0.255 e. The van der Waals surface area contributed by atoms with Gasteiger partial charge in [-0.3, -0.25) is 4.79 Å². The number of amides is 1. The Morgan fingerprint density at radius 1 is 1.50 bits per heavy atom. The van der Waals surface area contributed by atoms with Gasteiger partial charge in [0.05, 0.1) is 22.7 Å². The maximum absolute atomic E-state index is 12.0. The highest BCUT2D eigenvalue weighted by Crippen LogP contribution is 2.11. The molecule has 2 aromatic heterocycles. The van der Waals surface area contributed by atoms with Crippen LogP contribution >= 0.6 is 11.6 Å². The fourth-order valence-corrected chi connectivity index (χ4v) is 1.71. The summed E-state index contributed by atoms with van der Waals surface area (Å²) in [5, 5.41) is 6.90. The summed E-state index contributed by atoms with van der Waals surface area (Å²) in [6, 6.07) is 5.62. The van der Waals surface area contributed by atoms with Crippen LogP contribution < -0.4 is 5.32 Å². The lowest BCUT2D eigenvalue weighted by Gasteiger charge is -2.13. The van der Waals surface area contributed by atoms with Crippen molar-refractivity contribution in [2.75, 3.05) is 6.54 Å². The number of rotatable bonds is 4. The molecule has 0 fully saturated rings. The minimum atomic E-state index is -0.137. The normalized spacial score (nSPS) is 12.9. The first-order chi connectivity index (χ1) is 8.59. The average molecular weight is 266 g/mol. The SMILES string of the molecule is CC(C)C(Cl)CNC(=O)c1cnn2ccccc12. The summed E-state index contributed by atoms with van der Waals surface area (Å²) in [6.07, 6.45) is 3.38. The summed E-state index contributed by atoms with van der Waals surface area (Å²) >= 11 is 6.10. The average Bonchev–Trinajstić information content (AvgIpc) is 2.79. The summed E-state index contributed by atoms with van der Waals surface area (Å²) < 4.78 is 1.68. The zero-order valence-electron chi connectivity index (χ0n) is 10.4. The van der Waals surface area contributed by atoms with Crippen molar-refractivity contribution in [2.24, 2.45) is 5.92 Å². The molecule has 1 unspecified atom stereocenters. The number of carbonyl (C=O) groups is 1. The molecule has 1 atom stereocenters. The van der Waals surface area contributed by atoms with E-state index in [2.05, 4.69) is 10.4 Å². The number of pyridine rings is 1. The number of fused-ring (bicyclic) bond motifs is 1. The van der Waals surface area contributed by atoms with Crippen LogP contribution in [-0.4, -0.2) is 27.4 Å². The number of nitrogens with zero attached hydrogens (tertiary/aromatic N) is 2. The van der Waals surface area contributed by atoms with Crippen molar-refractivity contribution in [3.8, 4) is 0 Å². The van der Waals surface area contributed by atoms with Gasteiger partial charge in [0.1, 0.15) is 0 Å². The van der Waals surface area contributed by atoms with Crippen molar-refractivity contribution in [3.63, 3.8) is 0 Å². The Kier molecular flexibility index (Phi) is 3.87. The molecule has 2 aromatic rings. The Hall–Kier alpha value is -1.55. The van der Waals surface area contributed by atoms with E-state index in [1.54, 1.807) is 10.7 Å². The van der Waals surface area contributed by atoms with Crippen molar-refractivity contribution in [1.29, 1.82) is 0 Å². The van der Waals surface area contributed by atoms with E-state index in [0.29, 0.717) is 18.0 Å². The molecule has 0 aliphatic rings. The summed E-state index contributed by atoms with van der Waals surface area (Å²) in [4.78, 5) is 12.0. The highest BCUT2D eigenvalue weighted by Gasteiger charge is 2.15. The summed E-state index contributed by atoms with van der Waals surface area (Å²) in [5.41, 5.74) is 1.37. The van der Waals surface area contributed by atoms with Gasteiger partial charge in [-0.2, -0.15) is 5.10 Å². The van der Waals surface area contributed by atoms with Gasteiger partial charge in [-0.25, -0.2) is 4.52 Å². The van der Waals surface area contributed by atoms with E-state index >= 15 is 0 Å². The highest BCUT2D eigenvalue weighted by atomic mass is 35.5. The molecule has 0 aliphatic heterocycles. The quantitative estimate of drug-likeness (QED) is 0.863. The summed E-state index contributed by atoms with van der Waals surface area (Å²) in [5.74, 6) is 0.193. The monoisotopic (exact) mass is 265 g/mol. The first-order valence-electron chi connectivity index (χ1n) is 5.94. The van der Waals surface area contributed by atoms with E-state index in [1.165, 1.54) is 0 Å². The molecule has 5 heteroatoms. The van der Waals surface area contributed by atoms with Gasteiger partial charge in [-0.1, -0.05) is 19.9 Å². The first kappa shape index (κ1) is 12.9. The van der Waals surface area contributed by atoms with Crippen LogP contribution in [0.4, 0.5) is 0 Å². The van der Waals surface area contributed by atoms with Crippen LogP contribution in [0.1, 0.15) is 24.2 Å². The molecule has 2 rings (SSSR count). The van der Waals surface area contributed by atoms with Gasteiger partial charge >= 0.3 is 0 Å². The molecule has 96 valence electrons. The molecule has 1 N–H and O–H groups in total. The predicted octanol–water partition coefficient (Wildman–Crippen LogP) is 2.33. The van der Waals surface area contributed by atoms with Crippen molar-refractivity contribution in [2.45, 2.75) is 19.2 Å². The van der Waals surface area contributed by atoms with Crippen LogP contribution in [0, 0.1) is 5.92 Å². The van der Waals surface area contributed by atoms with Gasteiger partial charge in [0.25, 0.3) is 5.91 Å². The first-order valence-corrected chi connectivity index (χ1v) is 6.38. The molecular weight excluding hydrogens is 250 g/mol. The van der Waals surface area contributed by atoms with Crippen LogP contribution in [0.25, 0.3) is 5.52 Å². The Morgan fingerprint density at radius 3 is 3.00 bits per heavy atom. The van der Waals surface area contributed by atoms with Crippen molar-refractivity contribution < 1.29 is 4.79 Å². The third kappa shape index (κ3) is 2.64. The maximum atomic E-state index is 12.0. The fourth-order valence-electron chi connectivity index (χ4n) is 1.63. The molecule has 2 heterocycles. The molecule has 0 aliphatic carbocycles. The van der Waals surface area contributed by atoms with Crippen LogP contribution in [0.15, 0.2) is 30.6 Å². The van der Waals surface area contributed by atoms with E-state index in [0.717, 1.165) is 5.52 Å². The van der Waals surface area contributed by atoms with Crippen molar-refractivity contribution >= 4 is 23.0 Å². The third-order valence-corrected chi connectivity index (χ3v) is 3.51. The summed E-state index contributed by atoms with van der Waals surface area (Å²) in [7, 11) is 0. The van der Waals surface area contributed by atoms with Gasteiger partial charge in [0, 0.05) is 12.7 Å². The second-order valence-corrected chi connectivity index (χ2v) is 5.12. The van der Waals surface area contributed by atoms with Gasteiger partial charge in [-0.15, -0.1) is 11.6 Å². The van der Waals surface area contributed by atoms with Crippen LogP contribution in [0.3, 0.4) is 0 Å². The largest absolute Gasteiger partial charge is 0.350 e. The third-order valence-electron chi connectivity index (χ3n) is 2.85. The van der Waals surface area contributed by atoms with E-state index in [-0.39, 0.29) is 11.3 Å². The Morgan fingerprint density at radius 2 is 2.28 bits per heavy atom. The molecule has 0 radical (unpaired) electrons. The molecule has 18 heavy (non-hydrogen) atoms. The fraction of sp³-hybridized carbons (Fsp3) is 0.385. The summed E-state index contributed by atoms with van der Waals surface area (Å²) in [6.45, 7) is 4.51. The lowest BCUT2D eigenvalue weighted by Crippen LogP contribution is -2.31. The Bertz CT molecular complexity index is 550. The van der Waals surface area contributed by atoms with Crippen LogP contribution in [0.2, 0.25) is 0 Å². The molecule has 0 saturated carbocycles. The molecule has 1 amide bonds. The maximum Gasteiger partial charge on any atom is 0.255 e. The van der Waals surface area contributed by atoms with Crippen molar-refractivity contribution in [1.82, 2.24) is 14.9 Å². The number of nitrogens with one attached hydrogen (secondary N) is 1. The molecule has 0 spiro atoms. The number of aromatic nitrogens is 2. The van der Waals surface area contributed by atoms with Crippen molar-refractivity contribution in [3.05, 3.63) is 36.2 Å². The second-order valence-electron chi connectivity index (χ2n) is 4.56. The lowest BCUT2D eigenvalue weighted by atomic mass is 10.1. The lowest BCUT2D eigenvalue weighted by molar-refractivity contribution is 0.0954. The predicted molar refractivity (Wildman–Crippen MR) is 72.0 cm³/mol. The number of halogens is 1. The standard InChI is InChI=1S/C13H16ClN3O/c1-9(2)11(14)8-15-13(18)10-7-16-17-6-4-3-5-12(10)17/h3-7,9,11H,8H2,1-2H3,(H,15,18). The van der Waals surface area contributed by atoms with Gasteiger partial charge in [0.15, 0.2) is 0 Å². The van der Waals surface area contributed by atoms with Gasteiger partial charge in [-0.05, 0) is 18.1 Å². The van der Waals surface area contributed by atoms with Gasteiger partial charge in [0.2, 0.25) is 0 Å². The Labute approximate surface area is 111 Å². The van der Waals surface area contributed by atoms with E-state index < -0.39 is 0 Å². The molecule has 0 aromatic carbocycles. The molecular formula is C13H16ClN3O. The topological polar surface area (TPSA) is 46.4 Å². The van der Waals surface area contributed by atoms with E-state index in [1.807, 2.05) is 38.2 Å². The molecule has 0 saturated heterocycles. The number of carbonyl (C=O) groups excluding carboxylic acids is 1. The van der Waals surface area contributed by atoms with E-state index in [4.69, 9.17) is 11.6 Å². The molecule has 0 bridgehead atoms. The number of alkyl halides is 1. The second kappa shape index (κ2) is 5.40. The number of hydrogen-bond donors (Lipinski definition) is 1. The van der Waals surface area contributed by atoms with Crippen LogP contribution in [-0.2, 0) is 0 Å². The zero-order chi connectivity index (χ0) is 13.1. The Balaban J connectivity index is 2.10. The minimum Gasteiger partial charge on any atom is -0.350 e. The molecule has 4 nitrogen and oxygen atoms in total. The van der Waals surface area contributed by atoms with E-state index in [9.17, 15) is 4.79 Å². The van der Waals surface area contributed by atoms with Gasteiger partial charge < -0.3 is 5.32 Å².